The first-order valence-electron chi connectivity index (χ1n) is 6.42. The van der Waals surface area contributed by atoms with Crippen molar-refractivity contribution in [3.05, 3.63) is 24.2 Å². The van der Waals surface area contributed by atoms with Gasteiger partial charge in [0.25, 0.3) is 0 Å². The highest BCUT2D eigenvalue weighted by molar-refractivity contribution is 5.74. The van der Waals surface area contributed by atoms with Crippen molar-refractivity contribution in [1.29, 1.82) is 0 Å². The first-order chi connectivity index (χ1) is 9.15. The van der Waals surface area contributed by atoms with Gasteiger partial charge in [0.05, 0.1) is 12.8 Å². The van der Waals surface area contributed by atoms with Gasteiger partial charge in [0, 0.05) is 19.5 Å². The average Bonchev–Trinajstić information content (AvgIpc) is 2.88. The van der Waals surface area contributed by atoms with Gasteiger partial charge < -0.3 is 19.7 Å². The van der Waals surface area contributed by atoms with Crippen LogP contribution in [0.25, 0.3) is 0 Å². The van der Waals surface area contributed by atoms with E-state index in [-0.39, 0.29) is 18.4 Å². The molecule has 1 atom stereocenters. The topological polar surface area (TPSA) is 82.8 Å². The third-order valence-corrected chi connectivity index (χ3v) is 3.26. The van der Waals surface area contributed by atoms with Gasteiger partial charge >= 0.3 is 12.0 Å². The molecule has 2 heterocycles. The third kappa shape index (κ3) is 4.01. The van der Waals surface area contributed by atoms with E-state index in [1.807, 2.05) is 0 Å². The summed E-state index contributed by atoms with van der Waals surface area (Å²) >= 11 is 0. The Kier molecular flexibility index (Phi) is 4.43. The Morgan fingerprint density at radius 2 is 2.37 bits per heavy atom. The Morgan fingerprint density at radius 3 is 3.05 bits per heavy atom. The van der Waals surface area contributed by atoms with Gasteiger partial charge in [-0.15, -0.1) is 0 Å². The number of hydrogen-bond acceptors (Lipinski definition) is 3. The minimum Gasteiger partial charge on any atom is -0.481 e. The summed E-state index contributed by atoms with van der Waals surface area (Å²) in [6, 6.07) is 3.40. The van der Waals surface area contributed by atoms with Crippen LogP contribution in [0, 0.1) is 5.92 Å². The molecule has 1 fully saturated rings. The number of rotatable bonds is 4. The zero-order chi connectivity index (χ0) is 13.7. The summed E-state index contributed by atoms with van der Waals surface area (Å²) in [5.74, 6) is -0.0455. The van der Waals surface area contributed by atoms with Crippen LogP contribution >= 0.6 is 0 Å². The van der Waals surface area contributed by atoms with Crippen molar-refractivity contribution in [3.63, 3.8) is 0 Å². The second-order valence-electron chi connectivity index (χ2n) is 4.79. The molecule has 19 heavy (non-hydrogen) atoms. The number of urea groups is 1. The fourth-order valence-electron chi connectivity index (χ4n) is 2.35. The molecule has 1 aromatic heterocycles. The summed E-state index contributed by atoms with van der Waals surface area (Å²) in [5, 5.41) is 11.6. The number of aliphatic carboxylic acids is 1. The molecule has 0 aliphatic carbocycles. The molecule has 0 aromatic carbocycles. The lowest BCUT2D eigenvalue weighted by Gasteiger charge is -2.32. The predicted octanol–water partition coefficient (Wildman–Crippen LogP) is 1.68. The molecule has 0 spiro atoms. The molecule has 1 aromatic rings. The fourth-order valence-corrected chi connectivity index (χ4v) is 2.35. The van der Waals surface area contributed by atoms with Crippen molar-refractivity contribution in [2.45, 2.75) is 25.8 Å². The zero-order valence-corrected chi connectivity index (χ0v) is 10.7. The number of nitrogens with zero attached hydrogens (tertiary/aromatic N) is 1. The molecule has 0 bridgehead atoms. The van der Waals surface area contributed by atoms with Crippen molar-refractivity contribution < 1.29 is 19.1 Å². The van der Waals surface area contributed by atoms with E-state index in [0.717, 1.165) is 12.8 Å². The number of carboxylic acid groups (broad SMARTS) is 1. The quantitative estimate of drug-likeness (QED) is 0.868. The van der Waals surface area contributed by atoms with Crippen LogP contribution in [0.2, 0.25) is 0 Å². The van der Waals surface area contributed by atoms with E-state index in [0.29, 0.717) is 25.4 Å². The van der Waals surface area contributed by atoms with Crippen LogP contribution in [0.5, 0.6) is 0 Å². The van der Waals surface area contributed by atoms with Crippen molar-refractivity contribution in [2.75, 3.05) is 13.1 Å². The highest BCUT2D eigenvalue weighted by Crippen LogP contribution is 2.19. The summed E-state index contributed by atoms with van der Waals surface area (Å²) in [6.45, 7) is 1.54. The summed E-state index contributed by atoms with van der Waals surface area (Å²) in [5.41, 5.74) is 0. The molecule has 104 valence electrons. The number of furan rings is 1. The first-order valence-corrected chi connectivity index (χ1v) is 6.42. The molecule has 1 aliphatic rings. The van der Waals surface area contributed by atoms with Crippen LogP contribution in [-0.4, -0.2) is 35.1 Å². The summed E-state index contributed by atoms with van der Waals surface area (Å²) < 4.78 is 5.13. The molecule has 1 aliphatic heterocycles. The lowest BCUT2D eigenvalue weighted by molar-refractivity contribution is -0.138. The molecular weight excluding hydrogens is 248 g/mol. The second-order valence-corrected chi connectivity index (χ2v) is 4.79. The molecule has 2 amide bonds. The van der Waals surface area contributed by atoms with Crippen LogP contribution < -0.4 is 5.32 Å². The normalized spacial score (nSPS) is 19.2. The van der Waals surface area contributed by atoms with Crippen LogP contribution in [0.1, 0.15) is 25.0 Å². The van der Waals surface area contributed by atoms with Crippen molar-refractivity contribution in [1.82, 2.24) is 10.2 Å². The third-order valence-electron chi connectivity index (χ3n) is 3.26. The second kappa shape index (κ2) is 6.26. The molecule has 2 rings (SSSR count). The van der Waals surface area contributed by atoms with Crippen LogP contribution in [0.4, 0.5) is 4.79 Å². The minimum atomic E-state index is -0.803. The van der Waals surface area contributed by atoms with Gasteiger partial charge in [0.2, 0.25) is 0 Å². The van der Waals surface area contributed by atoms with E-state index < -0.39 is 5.97 Å². The molecule has 6 heteroatoms. The predicted molar refractivity (Wildman–Crippen MR) is 67.5 cm³/mol. The Morgan fingerprint density at radius 1 is 1.53 bits per heavy atom. The number of hydrogen-bond donors (Lipinski definition) is 2. The summed E-state index contributed by atoms with van der Waals surface area (Å²) in [7, 11) is 0. The van der Waals surface area contributed by atoms with E-state index in [4.69, 9.17) is 9.52 Å². The van der Waals surface area contributed by atoms with Gasteiger partial charge in [-0.25, -0.2) is 4.79 Å². The van der Waals surface area contributed by atoms with Crippen LogP contribution in [0.3, 0.4) is 0 Å². The number of likely N-dealkylation sites (tertiary alicyclic amines) is 1. The Balaban J connectivity index is 1.79. The van der Waals surface area contributed by atoms with E-state index in [9.17, 15) is 9.59 Å². The molecule has 6 nitrogen and oxygen atoms in total. The van der Waals surface area contributed by atoms with Gasteiger partial charge in [0.1, 0.15) is 5.76 Å². The number of amides is 2. The van der Waals surface area contributed by atoms with Gasteiger partial charge in [-0.2, -0.15) is 0 Å². The van der Waals surface area contributed by atoms with Gasteiger partial charge in [-0.1, -0.05) is 0 Å². The summed E-state index contributed by atoms with van der Waals surface area (Å²) in [4.78, 5) is 24.3. The largest absolute Gasteiger partial charge is 0.481 e. The van der Waals surface area contributed by atoms with Gasteiger partial charge in [-0.3, -0.25) is 4.79 Å². The molecular formula is C13H18N2O4. The van der Waals surface area contributed by atoms with Crippen molar-refractivity contribution in [3.8, 4) is 0 Å². The molecule has 1 saturated heterocycles. The lowest BCUT2D eigenvalue weighted by Crippen LogP contribution is -2.45. The maximum Gasteiger partial charge on any atom is 0.317 e. The highest BCUT2D eigenvalue weighted by Gasteiger charge is 2.25. The van der Waals surface area contributed by atoms with E-state index in [1.165, 1.54) is 0 Å². The van der Waals surface area contributed by atoms with Crippen molar-refractivity contribution >= 4 is 12.0 Å². The van der Waals surface area contributed by atoms with Gasteiger partial charge in [-0.05, 0) is 30.9 Å². The Hall–Kier alpha value is -1.98. The average molecular weight is 266 g/mol. The standard InChI is InChI=1S/C13H18N2O4/c16-12(17)7-10-3-1-5-15(9-10)13(18)14-8-11-4-2-6-19-11/h2,4,6,10H,1,3,5,7-9H2,(H,14,18)(H,16,17). The zero-order valence-electron chi connectivity index (χ0n) is 10.7. The molecule has 2 N–H and O–H groups in total. The van der Waals surface area contributed by atoms with Crippen molar-refractivity contribution in [2.24, 2.45) is 5.92 Å². The summed E-state index contributed by atoms with van der Waals surface area (Å²) in [6.07, 6.45) is 3.41. The molecule has 1 unspecified atom stereocenters. The van der Waals surface area contributed by atoms with Crippen LogP contribution in [-0.2, 0) is 11.3 Å². The first kappa shape index (κ1) is 13.5. The highest BCUT2D eigenvalue weighted by atomic mass is 16.4. The molecule has 0 saturated carbocycles. The van der Waals surface area contributed by atoms with E-state index >= 15 is 0 Å². The minimum absolute atomic E-state index is 0.0561. The van der Waals surface area contributed by atoms with E-state index in [1.54, 1.807) is 23.3 Å². The van der Waals surface area contributed by atoms with Gasteiger partial charge in [0.15, 0.2) is 0 Å². The number of nitrogens with one attached hydrogen (secondary N) is 1. The number of piperidine rings is 1. The molecule has 0 radical (unpaired) electrons. The lowest BCUT2D eigenvalue weighted by atomic mass is 9.95. The maximum absolute atomic E-state index is 12.0. The van der Waals surface area contributed by atoms with Crippen LogP contribution in [0.15, 0.2) is 22.8 Å². The fraction of sp³-hybridized carbons (Fsp3) is 0.538. The SMILES string of the molecule is O=C(O)CC1CCCN(C(=O)NCc2ccco2)C1. The smallest absolute Gasteiger partial charge is 0.317 e. The monoisotopic (exact) mass is 266 g/mol. The number of carboxylic acids is 1. The number of carbonyl (C=O) groups is 2. The maximum atomic E-state index is 12.0. The number of carbonyl (C=O) groups excluding carboxylic acids is 1. The Labute approximate surface area is 111 Å². The Bertz CT molecular complexity index is 430. The van der Waals surface area contributed by atoms with E-state index in [2.05, 4.69) is 5.32 Å².